The van der Waals surface area contributed by atoms with Crippen LogP contribution in [0.2, 0.25) is 0 Å². The third-order valence-electron chi connectivity index (χ3n) is 9.48. The fourth-order valence-electron chi connectivity index (χ4n) is 7.47. The molecule has 0 bridgehead atoms. The third-order valence-corrected chi connectivity index (χ3v) is 10.7. The smallest absolute Gasteiger partial charge is 0.147 e. The molecule has 0 atom stereocenters. The van der Waals surface area contributed by atoms with Gasteiger partial charge in [-0.05, 0) is 75.1 Å². The fraction of sp³-hybridized carbons (Fsp3) is 0.0238. The van der Waals surface area contributed by atoms with E-state index >= 15 is 0 Å². The van der Waals surface area contributed by atoms with E-state index in [1.807, 2.05) is 11.3 Å². The van der Waals surface area contributed by atoms with Gasteiger partial charge in [0.05, 0.1) is 16.6 Å². The van der Waals surface area contributed by atoms with Crippen LogP contribution in [0.15, 0.2) is 140 Å². The van der Waals surface area contributed by atoms with E-state index in [2.05, 4.69) is 151 Å². The van der Waals surface area contributed by atoms with Crippen molar-refractivity contribution in [1.29, 1.82) is 0 Å². The predicted octanol–water partition coefficient (Wildman–Crippen LogP) is 12.0. The van der Waals surface area contributed by atoms with Crippen molar-refractivity contribution in [3.63, 3.8) is 0 Å². The van der Waals surface area contributed by atoms with Gasteiger partial charge in [-0.15, -0.1) is 11.3 Å². The molecule has 0 fully saturated rings. The van der Waals surface area contributed by atoms with Crippen LogP contribution in [-0.2, 0) is 0 Å². The SMILES string of the molecule is Cc1ccc(-c2nc3cccc4c5ccccc5c5ccccc5c5ccccc5n2c34)c2sc3cc4ccccc4cc3c12. The number of nitrogens with zero attached hydrogens (tertiary/aromatic N) is 2. The van der Waals surface area contributed by atoms with Crippen LogP contribution in [0.5, 0.6) is 0 Å². The molecule has 210 valence electrons. The zero-order chi connectivity index (χ0) is 29.6. The molecule has 10 aromatic rings. The van der Waals surface area contributed by atoms with Crippen molar-refractivity contribution in [3.8, 4) is 11.4 Å². The molecule has 10 rings (SSSR count). The van der Waals surface area contributed by atoms with E-state index in [0.29, 0.717) is 0 Å². The number of aromatic nitrogens is 2. The van der Waals surface area contributed by atoms with Gasteiger partial charge in [0.2, 0.25) is 0 Å². The van der Waals surface area contributed by atoms with Crippen LogP contribution >= 0.6 is 11.3 Å². The van der Waals surface area contributed by atoms with Crippen molar-refractivity contribution in [2.45, 2.75) is 6.92 Å². The lowest BCUT2D eigenvalue weighted by Crippen LogP contribution is -1.92. The molecule has 3 aromatic heterocycles. The zero-order valence-corrected chi connectivity index (χ0v) is 25.4. The molecule has 7 aromatic carbocycles. The van der Waals surface area contributed by atoms with Crippen molar-refractivity contribution in [3.05, 3.63) is 145 Å². The summed E-state index contributed by atoms with van der Waals surface area (Å²) in [6.07, 6.45) is 0. The molecule has 2 nitrogen and oxygen atoms in total. The van der Waals surface area contributed by atoms with Gasteiger partial charge in [0.25, 0.3) is 0 Å². The standard InChI is InChI=1S/C42H26N2S/c1-25-21-22-34(41-39(25)35-23-26-11-2-3-12-27(26)24-38(35)45-41)42-43-36-19-10-18-33-31-16-7-5-14-29(31)28-13-4-6-15-30(28)32-17-8-9-20-37(32)44(42)40(33)36/h2-24H,1H3. The Balaban J connectivity index is 1.47. The zero-order valence-electron chi connectivity index (χ0n) is 24.6. The lowest BCUT2D eigenvalue weighted by molar-refractivity contribution is 1.23. The largest absolute Gasteiger partial charge is 0.291 e. The summed E-state index contributed by atoms with van der Waals surface area (Å²) in [5, 5.41) is 12.5. The molecular formula is C42H26N2S. The first kappa shape index (κ1) is 24.9. The number of para-hydroxylation sites is 2. The first-order valence-electron chi connectivity index (χ1n) is 15.4. The number of aryl methyl sites for hydroxylation is 1. The molecule has 0 spiro atoms. The summed E-state index contributed by atoms with van der Waals surface area (Å²) < 4.78 is 5.03. The van der Waals surface area contributed by atoms with Crippen LogP contribution in [0.1, 0.15) is 5.56 Å². The van der Waals surface area contributed by atoms with Gasteiger partial charge >= 0.3 is 0 Å². The van der Waals surface area contributed by atoms with Gasteiger partial charge in [0.15, 0.2) is 0 Å². The number of imidazole rings is 1. The Morgan fingerprint density at radius 1 is 0.533 bits per heavy atom. The molecular weight excluding hydrogens is 565 g/mol. The third kappa shape index (κ3) is 3.47. The van der Waals surface area contributed by atoms with Gasteiger partial charge in [-0.25, -0.2) is 4.98 Å². The number of rotatable bonds is 1. The highest BCUT2D eigenvalue weighted by molar-refractivity contribution is 7.26. The van der Waals surface area contributed by atoms with Crippen molar-refractivity contribution < 1.29 is 0 Å². The van der Waals surface area contributed by atoms with E-state index in [-0.39, 0.29) is 0 Å². The first-order valence-corrected chi connectivity index (χ1v) is 16.2. The molecule has 3 heterocycles. The molecule has 0 aliphatic heterocycles. The Morgan fingerprint density at radius 2 is 1.13 bits per heavy atom. The summed E-state index contributed by atoms with van der Waals surface area (Å²) in [4.78, 5) is 5.47. The molecule has 0 aliphatic carbocycles. The van der Waals surface area contributed by atoms with Gasteiger partial charge in [0, 0.05) is 36.5 Å². The summed E-state index contributed by atoms with van der Waals surface area (Å²) in [5.74, 6) is 0.975. The second-order valence-corrected chi connectivity index (χ2v) is 13.0. The van der Waals surface area contributed by atoms with Crippen LogP contribution in [0.25, 0.3) is 91.2 Å². The lowest BCUT2D eigenvalue weighted by Gasteiger charge is -2.08. The van der Waals surface area contributed by atoms with Gasteiger partial charge in [-0.2, -0.15) is 0 Å². The summed E-state index contributed by atoms with van der Waals surface area (Å²) >= 11 is 1.88. The van der Waals surface area contributed by atoms with Crippen LogP contribution in [0, 0.1) is 6.92 Å². The van der Waals surface area contributed by atoms with Gasteiger partial charge in [-0.1, -0.05) is 109 Å². The Labute approximate surface area is 263 Å². The number of hydrogen-bond donors (Lipinski definition) is 0. The highest BCUT2D eigenvalue weighted by Gasteiger charge is 2.20. The van der Waals surface area contributed by atoms with Crippen LogP contribution in [0.4, 0.5) is 0 Å². The van der Waals surface area contributed by atoms with Crippen molar-refractivity contribution in [2.75, 3.05) is 0 Å². The molecule has 0 radical (unpaired) electrons. The topological polar surface area (TPSA) is 17.3 Å². The number of thiophene rings is 1. The molecule has 3 heteroatoms. The maximum atomic E-state index is 5.47. The summed E-state index contributed by atoms with van der Waals surface area (Å²) in [6, 6.07) is 51.0. The second-order valence-electron chi connectivity index (χ2n) is 12.0. The summed E-state index contributed by atoms with van der Waals surface area (Å²) in [6.45, 7) is 2.24. The Bertz CT molecular complexity index is 2890. The number of fused-ring (bicyclic) bond motifs is 11. The van der Waals surface area contributed by atoms with E-state index in [1.54, 1.807) is 0 Å². The Morgan fingerprint density at radius 3 is 1.89 bits per heavy atom. The van der Waals surface area contributed by atoms with Crippen LogP contribution < -0.4 is 0 Å². The predicted molar refractivity (Wildman–Crippen MR) is 195 cm³/mol. The van der Waals surface area contributed by atoms with Gasteiger partial charge in [-0.3, -0.25) is 4.40 Å². The minimum atomic E-state index is 0.975. The van der Waals surface area contributed by atoms with E-state index in [1.165, 1.54) is 74.4 Å². The Kier molecular flexibility index (Phi) is 5.11. The quantitative estimate of drug-likeness (QED) is 0.186. The molecule has 0 saturated heterocycles. The maximum Gasteiger partial charge on any atom is 0.147 e. The highest BCUT2D eigenvalue weighted by atomic mass is 32.1. The fourth-order valence-corrected chi connectivity index (χ4v) is 8.79. The van der Waals surface area contributed by atoms with Crippen molar-refractivity contribution in [2.24, 2.45) is 0 Å². The van der Waals surface area contributed by atoms with E-state index in [0.717, 1.165) is 22.4 Å². The van der Waals surface area contributed by atoms with E-state index in [4.69, 9.17) is 4.98 Å². The molecule has 0 N–H and O–H groups in total. The minimum absolute atomic E-state index is 0.975. The summed E-state index contributed by atoms with van der Waals surface area (Å²) in [7, 11) is 0. The highest BCUT2D eigenvalue weighted by Crippen LogP contribution is 2.44. The first-order chi connectivity index (χ1) is 22.2. The number of benzene rings is 7. The molecule has 0 aliphatic rings. The summed E-state index contributed by atoms with van der Waals surface area (Å²) in [5.41, 5.74) is 5.74. The monoisotopic (exact) mass is 590 g/mol. The molecule has 45 heavy (non-hydrogen) atoms. The van der Waals surface area contributed by atoms with Gasteiger partial charge < -0.3 is 0 Å². The van der Waals surface area contributed by atoms with Crippen LogP contribution in [-0.4, -0.2) is 9.38 Å². The molecule has 0 saturated carbocycles. The minimum Gasteiger partial charge on any atom is -0.291 e. The van der Waals surface area contributed by atoms with Crippen molar-refractivity contribution in [1.82, 2.24) is 9.38 Å². The number of hydrogen-bond acceptors (Lipinski definition) is 2. The second kappa shape index (κ2) is 9.25. The van der Waals surface area contributed by atoms with E-state index < -0.39 is 0 Å². The normalized spacial score (nSPS) is 12.1. The average Bonchev–Trinajstić information content (AvgIpc) is 3.67. The van der Waals surface area contributed by atoms with Crippen molar-refractivity contribution >= 4 is 91.1 Å². The molecule has 0 unspecified atom stereocenters. The lowest BCUT2D eigenvalue weighted by atomic mass is 10.0. The maximum absolute atomic E-state index is 5.47. The van der Waals surface area contributed by atoms with Gasteiger partial charge in [0.1, 0.15) is 5.82 Å². The Hall–Kier alpha value is -5.51. The molecule has 0 amide bonds. The average molecular weight is 591 g/mol. The van der Waals surface area contributed by atoms with Crippen LogP contribution in [0.3, 0.4) is 0 Å². The van der Waals surface area contributed by atoms with E-state index in [9.17, 15) is 0 Å².